The number of halogens is 3. The predicted molar refractivity (Wildman–Crippen MR) is 68.6 cm³/mol. The van der Waals surface area contributed by atoms with Crippen molar-refractivity contribution in [3.63, 3.8) is 0 Å². The highest BCUT2D eigenvalue weighted by Gasteiger charge is 2.42. The molecule has 2 aromatic rings. The molecule has 0 aliphatic rings. The van der Waals surface area contributed by atoms with Crippen molar-refractivity contribution in [1.82, 2.24) is 14.8 Å². The van der Waals surface area contributed by atoms with Gasteiger partial charge in [0.2, 0.25) is 5.91 Å². The van der Waals surface area contributed by atoms with Crippen LogP contribution in [0.3, 0.4) is 0 Å². The number of carbonyl (C=O) groups is 1. The van der Waals surface area contributed by atoms with Crippen molar-refractivity contribution in [2.75, 3.05) is 0 Å². The average Bonchev–Trinajstić information content (AvgIpc) is 2.94. The Kier molecular flexibility index (Phi) is 4.18. The van der Waals surface area contributed by atoms with Gasteiger partial charge in [-0.1, -0.05) is 6.92 Å². The molecule has 0 aliphatic heterocycles. The lowest BCUT2D eigenvalue weighted by molar-refractivity contribution is -0.133. The Labute approximate surface area is 123 Å². The third-order valence-corrected chi connectivity index (χ3v) is 3.49. The number of hydrogen-bond acceptors (Lipinski definition) is 4. The summed E-state index contributed by atoms with van der Waals surface area (Å²) in [4.78, 5) is 15.1. The highest BCUT2D eigenvalue weighted by molar-refractivity contribution is 5.77. The molecule has 0 saturated carbocycles. The number of aromatic nitrogens is 3. The van der Waals surface area contributed by atoms with Crippen LogP contribution in [0.2, 0.25) is 0 Å². The van der Waals surface area contributed by atoms with Gasteiger partial charge < -0.3 is 10.8 Å². The molecule has 1 aromatic carbocycles. The number of carbonyl (C=O) groups excluding carboxylic acids is 1. The molecule has 1 amide bonds. The summed E-state index contributed by atoms with van der Waals surface area (Å²) in [7, 11) is 0. The van der Waals surface area contributed by atoms with Gasteiger partial charge in [-0.15, -0.1) is 0 Å². The van der Waals surface area contributed by atoms with E-state index in [1.165, 1.54) is 13.3 Å². The van der Waals surface area contributed by atoms with Crippen LogP contribution in [-0.4, -0.2) is 25.8 Å². The predicted octanol–water partition coefficient (Wildman–Crippen LogP) is 0.705. The van der Waals surface area contributed by atoms with Gasteiger partial charge in [0.25, 0.3) is 0 Å². The number of nitrogens with two attached hydrogens (primary N) is 1. The summed E-state index contributed by atoms with van der Waals surface area (Å²) in [6.45, 7) is 0.832. The minimum atomic E-state index is -2.22. The van der Waals surface area contributed by atoms with Crippen molar-refractivity contribution in [3.8, 4) is 0 Å². The van der Waals surface area contributed by atoms with Crippen molar-refractivity contribution in [2.45, 2.75) is 19.1 Å². The van der Waals surface area contributed by atoms with E-state index in [-0.39, 0.29) is 0 Å². The van der Waals surface area contributed by atoms with E-state index in [0.717, 1.165) is 11.0 Å². The van der Waals surface area contributed by atoms with Crippen LogP contribution in [0, 0.1) is 23.4 Å². The summed E-state index contributed by atoms with van der Waals surface area (Å²) < 4.78 is 41.6. The van der Waals surface area contributed by atoms with E-state index >= 15 is 0 Å². The molecule has 6 nitrogen and oxygen atoms in total. The molecule has 0 saturated heterocycles. The quantitative estimate of drug-likeness (QED) is 0.795. The molecule has 2 atom stereocenters. The molecule has 9 heteroatoms. The fourth-order valence-electron chi connectivity index (χ4n) is 2.11. The number of benzene rings is 1. The number of primary amides is 1. The van der Waals surface area contributed by atoms with E-state index in [4.69, 9.17) is 5.73 Å². The molecule has 2 rings (SSSR count). The van der Waals surface area contributed by atoms with Crippen molar-refractivity contribution >= 4 is 5.91 Å². The van der Waals surface area contributed by atoms with Crippen LogP contribution in [0.1, 0.15) is 12.5 Å². The Bertz CT molecular complexity index is 693. The summed E-state index contributed by atoms with van der Waals surface area (Å²) in [5, 5.41) is 14.5. The maximum Gasteiger partial charge on any atom is 0.223 e. The fourth-order valence-corrected chi connectivity index (χ4v) is 2.11. The molecule has 0 aliphatic carbocycles. The van der Waals surface area contributed by atoms with Gasteiger partial charge in [-0.3, -0.25) is 4.79 Å². The van der Waals surface area contributed by atoms with Crippen molar-refractivity contribution in [2.24, 2.45) is 11.7 Å². The lowest BCUT2D eigenvalue weighted by Gasteiger charge is -2.33. The molecule has 118 valence electrons. The Morgan fingerprint density at radius 3 is 2.55 bits per heavy atom. The lowest BCUT2D eigenvalue weighted by Crippen LogP contribution is -2.45. The van der Waals surface area contributed by atoms with E-state index in [2.05, 4.69) is 10.1 Å². The third-order valence-electron chi connectivity index (χ3n) is 3.49. The minimum absolute atomic E-state index is 0.296. The van der Waals surface area contributed by atoms with E-state index in [1.54, 1.807) is 0 Å². The fraction of sp³-hybridized carbons (Fsp3) is 0.308. The second-order valence-electron chi connectivity index (χ2n) is 4.89. The van der Waals surface area contributed by atoms with Crippen LogP contribution in [0.5, 0.6) is 0 Å². The third kappa shape index (κ3) is 2.80. The van der Waals surface area contributed by atoms with E-state index in [9.17, 15) is 23.1 Å². The van der Waals surface area contributed by atoms with Crippen LogP contribution < -0.4 is 5.73 Å². The second kappa shape index (κ2) is 5.76. The summed E-state index contributed by atoms with van der Waals surface area (Å²) in [6, 6.07) is 0.797. The summed E-state index contributed by atoms with van der Waals surface area (Å²) >= 11 is 0. The van der Waals surface area contributed by atoms with Crippen molar-refractivity contribution in [1.29, 1.82) is 0 Å². The van der Waals surface area contributed by atoms with Crippen molar-refractivity contribution < 1.29 is 23.1 Å². The smallest absolute Gasteiger partial charge is 0.223 e. The van der Waals surface area contributed by atoms with Gasteiger partial charge >= 0.3 is 0 Å². The molecular formula is C13H13F3N4O2. The highest BCUT2D eigenvalue weighted by Crippen LogP contribution is 2.34. The van der Waals surface area contributed by atoms with Crippen LogP contribution in [0.4, 0.5) is 13.2 Å². The molecule has 22 heavy (non-hydrogen) atoms. The van der Waals surface area contributed by atoms with Crippen LogP contribution in [0.15, 0.2) is 24.8 Å². The van der Waals surface area contributed by atoms with Crippen molar-refractivity contribution in [3.05, 3.63) is 47.8 Å². The van der Waals surface area contributed by atoms with Gasteiger partial charge in [-0.25, -0.2) is 22.8 Å². The van der Waals surface area contributed by atoms with Gasteiger partial charge in [0.15, 0.2) is 11.6 Å². The Balaban J connectivity index is 2.58. The van der Waals surface area contributed by atoms with E-state index in [0.29, 0.717) is 12.1 Å². The molecule has 0 bridgehead atoms. The monoisotopic (exact) mass is 314 g/mol. The summed E-state index contributed by atoms with van der Waals surface area (Å²) in [5.74, 6) is -6.20. The number of rotatable bonds is 5. The number of hydrogen-bond donors (Lipinski definition) is 2. The largest absolute Gasteiger partial charge is 0.382 e. The zero-order chi connectivity index (χ0) is 16.5. The first-order valence-electron chi connectivity index (χ1n) is 6.25. The molecule has 2 unspecified atom stereocenters. The van der Waals surface area contributed by atoms with Gasteiger partial charge in [-0.05, 0) is 6.07 Å². The first-order chi connectivity index (χ1) is 10.3. The van der Waals surface area contributed by atoms with Crippen LogP contribution in [0.25, 0.3) is 0 Å². The summed E-state index contributed by atoms with van der Waals surface area (Å²) in [6.07, 6.45) is 2.38. The molecule has 1 heterocycles. The maximum atomic E-state index is 14.0. The Morgan fingerprint density at radius 1 is 1.36 bits per heavy atom. The molecule has 1 aromatic heterocycles. The Morgan fingerprint density at radius 2 is 2.00 bits per heavy atom. The average molecular weight is 314 g/mol. The second-order valence-corrected chi connectivity index (χ2v) is 4.89. The zero-order valence-corrected chi connectivity index (χ0v) is 11.5. The number of nitrogens with zero attached hydrogens (tertiary/aromatic N) is 3. The van der Waals surface area contributed by atoms with E-state index in [1.807, 2.05) is 0 Å². The number of aliphatic hydroxyl groups is 1. The first kappa shape index (κ1) is 16.0. The Hall–Kier alpha value is -2.42. The first-order valence-corrected chi connectivity index (χ1v) is 6.25. The molecule has 3 N–H and O–H groups in total. The number of amides is 1. The van der Waals surface area contributed by atoms with Crippen LogP contribution in [-0.2, 0) is 16.9 Å². The van der Waals surface area contributed by atoms with Crippen LogP contribution >= 0.6 is 0 Å². The van der Waals surface area contributed by atoms with E-state index < -0.39 is 47.0 Å². The minimum Gasteiger partial charge on any atom is -0.382 e. The maximum absolute atomic E-state index is 14.0. The van der Waals surface area contributed by atoms with Gasteiger partial charge in [0.05, 0.1) is 12.5 Å². The highest BCUT2D eigenvalue weighted by atomic mass is 19.2. The molecule has 0 spiro atoms. The summed E-state index contributed by atoms with van der Waals surface area (Å²) in [5.41, 5.74) is 2.36. The molecular weight excluding hydrogens is 301 g/mol. The lowest BCUT2D eigenvalue weighted by atomic mass is 9.81. The SMILES string of the molecule is CC(C(N)=O)C(O)(Cn1cncn1)c1cc(F)c(F)cc1F. The normalized spacial score (nSPS) is 15.3. The van der Waals surface area contributed by atoms with Gasteiger partial charge in [0, 0.05) is 11.6 Å². The topological polar surface area (TPSA) is 94.0 Å². The zero-order valence-electron chi connectivity index (χ0n) is 11.5. The standard InChI is InChI=1S/C13H13F3N4O2/c1-7(12(17)21)13(22,4-20-6-18-5-19-20)8-2-10(15)11(16)3-9(8)14/h2-3,5-7,22H,4H2,1H3,(H2,17,21). The molecule has 0 radical (unpaired) electrons. The van der Waals surface area contributed by atoms with Gasteiger partial charge in [-0.2, -0.15) is 5.10 Å². The van der Waals surface area contributed by atoms with Gasteiger partial charge in [0.1, 0.15) is 24.1 Å². The molecule has 0 fully saturated rings.